The van der Waals surface area contributed by atoms with Crippen LogP contribution in [0.3, 0.4) is 0 Å². The van der Waals surface area contributed by atoms with Crippen molar-refractivity contribution in [3.05, 3.63) is 33.7 Å². The summed E-state index contributed by atoms with van der Waals surface area (Å²) in [6, 6.07) is -0.371. The number of hydrogen-bond acceptors (Lipinski definition) is 4. The second-order valence-corrected chi connectivity index (χ2v) is 9.46. The van der Waals surface area contributed by atoms with Gasteiger partial charge in [-0.25, -0.2) is 9.78 Å². The molecule has 2 atom stereocenters. The number of aryl methyl sites for hydroxylation is 2. The molecule has 0 fully saturated rings. The summed E-state index contributed by atoms with van der Waals surface area (Å²) in [4.78, 5) is 21.8. The SMILES string of the molecule is CCc1ncc(S(N)=NC(=O)Nc2c3c(nc4c2CC[C@H]4C)CCC3)s1. The number of pyridine rings is 1. The fraction of sp³-hybridized carbons (Fsp3) is 0.500. The molecule has 1 unspecified atom stereocenters. The number of nitrogens with one attached hydrogen (secondary N) is 1. The molecule has 0 saturated carbocycles. The zero-order valence-corrected chi connectivity index (χ0v) is 16.7. The highest BCUT2D eigenvalue weighted by atomic mass is 32.2. The Hall–Kier alpha value is -1.64. The first-order valence-corrected chi connectivity index (χ1v) is 11.1. The molecule has 2 heterocycles. The van der Waals surface area contributed by atoms with E-state index in [1.165, 1.54) is 22.5 Å². The number of aromatic nitrogens is 2. The summed E-state index contributed by atoms with van der Waals surface area (Å²) in [6.45, 7) is 4.26. The van der Waals surface area contributed by atoms with Crippen LogP contribution in [0.2, 0.25) is 0 Å². The van der Waals surface area contributed by atoms with Crippen LogP contribution in [-0.4, -0.2) is 16.0 Å². The van der Waals surface area contributed by atoms with Crippen molar-refractivity contribution in [3.8, 4) is 0 Å². The third-order valence-corrected chi connectivity index (χ3v) is 7.68. The van der Waals surface area contributed by atoms with Gasteiger partial charge in [0.25, 0.3) is 0 Å². The predicted molar refractivity (Wildman–Crippen MR) is 106 cm³/mol. The fourth-order valence-electron chi connectivity index (χ4n) is 3.77. The summed E-state index contributed by atoms with van der Waals surface area (Å²) in [6.07, 6.45) is 7.72. The Labute approximate surface area is 159 Å². The standard InChI is InChI=1S/C18H23N5OS2/c1-3-14-20-9-15(25-14)26(19)23-18(24)22-17-11-5-4-6-13(11)21-16-10(2)7-8-12(16)17/h9-10H,3-8H2,1-2H3,(H3,19,21,22,23,24)/t10-,26?/m1/s1. The lowest BCUT2D eigenvalue weighted by Gasteiger charge is -2.15. The van der Waals surface area contributed by atoms with E-state index >= 15 is 0 Å². The van der Waals surface area contributed by atoms with Crippen LogP contribution in [0.15, 0.2) is 14.8 Å². The Balaban J connectivity index is 1.62. The van der Waals surface area contributed by atoms with E-state index in [0.29, 0.717) is 5.92 Å². The Morgan fingerprint density at radius 3 is 3.04 bits per heavy atom. The van der Waals surface area contributed by atoms with Gasteiger partial charge in [0.05, 0.1) is 16.9 Å². The first-order chi connectivity index (χ1) is 12.6. The number of anilines is 1. The smallest absolute Gasteiger partial charge is 0.305 e. The fourth-order valence-corrected chi connectivity index (χ4v) is 5.57. The molecule has 2 aliphatic rings. The summed E-state index contributed by atoms with van der Waals surface area (Å²) in [5.41, 5.74) is 5.66. The quantitative estimate of drug-likeness (QED) is 0.832. The zero-order valence-electron chi connectivity index (χ0n) is 15.0. The molecular formula is C18H23N5OS2. The Morgan fingerprint density at radius 2 is 2.27 bits per heavy atom. The van der Waals surface area contributed by atoms with Crippen molar-refractivity contribution in [2.45, 2.75) is 62.5 Å². The van der Waals surface area contributed by atoms with E-state index in [1.54, 1.807) is 6.20 Å². The topological polar surface area (TPSA) is 93.3 Å². The highest BCUT2D eigenvalue weighted by Gasteiger charge is 2.29. The molecule has 2 amide bonds. The Morgan fingerprint density at radius 1 is 1.42 bits per heavy atom. The number of amides is 2. The molecule has 0 bridgehead atoms. The monoisotopic (exact) mass is 389 g/mol. The van der Waals surface area contributed by atoms with Gasteiger partial charge < -0.3 is 5.32 Å². The van der Waals surface area contributed by atoms with E-state index in [4.69, 9.17) is 10.1 Å². The van der Waals surface area contributed by atoms with Crippen LogP contribution in [0.4, 0.5) is 10.5 Å². The maximum atomic E-state index is 12.6. The van der Waals surface area contributed by atoms with Crippen molar-refractivity contribution < 1.29 is 4.79 Å². The predicted octanol–water partition coefficient (Wildman–Crippen LogP) is 3.91. The van der Waals surface area contributed by atoms with Crippen molar-refractivity contribution in [1.82, 2.24) is 9.97 Å². The number of carbonyl (C=O) groups excluding carboxylic acids is 1. The first-order valence-electron chi connectivity index (χ1n) is 9.07. The number of hydrogen-bond donors (Lipinski definition) is 2. The number of nitrogens with zero attached hydrogens (tertiary/aromatic N) is 3. The maximum Gasteiger partial charge on any atom is 0.352 e. The van der Waals surface area contributed by atoms with Crippen LogP contribution >= 0.6 is 11.3 Å². The second kappa shape index (κ2) is 7.17. The van der Waals surface area contributed by atoms with E-state index in [2.05, 4.69) is 21.6 Å². The highest BCUT2D eigenvalue weighted by Crippen LogP contribution is 2.41. The van der Waals surface area contributed by atoms with Gasteiger partial charge in [0, 0.05) is 22.3 Å². The minimum Gasteiger partial charge on any atom is -0.305 e. The van der Waals surface area contributed by atoms with E-state index in [1.807, 2.05) is 6.92 Å². The number of urea groups is 1. The summed E-state index contributed by atoms with van der Waals surface area (Å²) < 4.78 is 5.01. The van der Waals surface area contributed by atoms with Gasteiger partial charge in [0.1, 0.15) is 4.21 Å². The molecule has 0 radical (unpaired) electrons. The lowest BCUT2D eigenvalue weighted by Crippen LogP contribution is -2.15. The minimum absolute atomic E-state index is 0.371. The van der Waals surface area contributed by atoms with Crippen molar-refractivity contribution in [1.29, 1.82) is 0 Å². The molecule has 4 rings (SSSR count). The number of nitrogens with two attached hydrogens (primary N) is 1. The normalized spacial score (nSPS) is 19.4. The van der Waals surface area contributed by atoms with Gasteiger partial charge in [-0.1, -0.05) is 13.8 Å². The molecule has 0 aromatic carbocycles. The molecule has 0 aliphatic heterocycles. The molecule has 2 aromatic rings. The molecule has 8 heteroatoms. The lowest BCUT2D eigenvalue weighted by atomic mass is 10.0. The second-order valence-electron chi connectivity index (χ2n) is 6.83. The molecule has 6 nitrogen and oxygen atoms in total. The number of thiazole rings is 1. The van der Waals surface area contributed by atoms with Gasteiger partial charge in [0.15, 0.2) is 0 Å². The summed E-state index contributed by atoms with van der Waals surface area (Å²) in [5.74, 6) is 0.456. The Bertz CT molecular complexity index is 905. The molecule has 0 spiro atoms. The lowest BCUT2D eigenvalue weighted by molar-refractivity contribution is 0.260. The highest BCUT2D eigenvalue weighted by molar-refractivity contribution is 7.87. The van der Waals surface area contributed by atoms with Crippen LogP contribution in [0.5, 0.6) is 0 Å². The molecule has 138 valence electrons. The molecule has 26 heavy (non-hydrogen) atoms. The van der Waals surface area contributed by atoms with E-state index < -0.39 is 10.9 Å². The molecule has 3 N–H and O–H groups in total. The van der Waals surface area contributed by atoms with Crippen molar-refractivity contribution in [3.63, 3.8) is 0 Å². The van der Waals surface area contributed by atoms with Crippen LogP contribution < -0.4 is 10.5 Å². The number of carbonyl (C=O) groups is 1. The van der Waals surface area contributed by atoms with Crippen molar-refractivity contribution >= 4 is 33.9 Å². The molecule has 2 aliphatic carbocycles. The average molecular weight is 390 g/mol. The maximum absolute atomic E-state index is 12.6. The van der Waals surface area contributed by atoms with Gasteiger partial charge in [0.2, 0.25) is 0 Å². The number of rotatable bonds is 3. The average Bonchev–Trinajstić information content (AvgIpc) is 3.34. The molecular weight excluding hydrogens is 366 g/mol. The van der Waals surface area contributed by atoms with Gasteiger partial charge in [-0.3, -0.25) is 10.1 Å². The van der Waals surface area contributed by atoms with Crippen LogP contribution in [0, 0.1) is 0 Å². The van der Waals surface area contributed by atoms with E-state index in [9.17, 15) is 4.79 Å². The summed E-state index contributed by atoms with van der Waals surface area (Å²) in [7, 11) is -0.968. The Kier molecular flexibility index (Phi) is 4.90. The van der Waals surface area contributed by atoms with Crippen LogP contribution in [-0.2, 0) is 36.6 Å². The van der Waals surface area contributed by atoms with Gasteiger partial charge in [-0.2, -0.15) is 4.36 Å². The van der Waals surface area contributed by atoms with Gasteiger partial charge in [-0.05, 0) is 55.6 Å². The third kappa shape index (κ3) is 3.21. The van der Waals surface area contributed by atoms with Gasteiger partial charge >= 0.3 is 6.03 Å². The van der Waals surface area contributed by atoms with Gasteiger partial charge in [-0.15, -0.1) is 11.3 Å². The van der Waals surface area contributed by atoms with E-state index in [-0.39, 0.29) is 6.03 Å². The van der Waals surface area contributed by atoms with Crippen LogP contribution in [0.25, 0.3) is 0 Å². The van der Waals surface area contributed by atoms with Crippen LogP contribution in [0.1, 0.15) is 60.1 Å². The molecule has 0 saturated heterocycles. The van der Waals surface area contributed by atoms with Crippen molar-refractivity contribution in [2.24, 2.45) is 9.50 Å². The summed E-state index contributed by atoms with van der Waals surface area (Å²) in [5, 5.41) is 10.2. The minimum atomic E-state index is -0.968. The molecule has 2 aromatic heterocycles. The number of fused-ring (bicyclic) bond motifs is 2. The summed E-state index contributed by atoms with van der Waals surface area (Å²) >= 11 is 1.52. The third-order valence-electron chi connectivity index (χ3n) is 5.11. The zero-order chi connectivity index (χ0) is 18.3. The first kappa shape index (κ1) is 17.8. The largest absolute Gasteiger partial charge is 0.352 e. The van der Waals surface area contributed by atoms with Crippen molar-refractivity contribution in [2.75, 3.05) is 5.32 Å². The van der Waals surface area contributed by atoms with E-state index in [0.717, 1.165) is 64.8 Å².